The molecule has 0 unspecified atom stereocenters. The number of furan rings is 2. The molecule has 360 valence electrons. The molecule has 0 radical (unpaired) electrons. The summed E-state index contributed by atoms with van der Waals surface area (Å²) in [4.78, 5) is 15.9. The smallest absolute Gasteiger partial charge is 0.164 e. The van der Waals surface area contributed by atoms with Gasteiger partial charge in [-0.25, -0.2) is 15.0 Å². The summed E-state index contributed by atoms with van der Waals surface area (Å²) in [6.45, 7) is 4.83. The van der Waals surface area contributed by atoms with E-state index in [-0.39, 0.29) is 0 Å². The first-order valence-electron chi connectivity index (χ1n) is 25.6. The standard InChI is InChI=1S/C69H40N4O2S2/c1-40(67-70-68(43-28-30-48-46-21-10-14-26-61(46)76-63(48)36-43)72-69(71-67)44-29-31-49-47-22-11-15-27-62(47)77-64(49)37-44)34-52(42-18-6-3-7-19-42)57(35-41-16-4-2-5-17-41)73-55-24-12-8-23-51(55)65-56(73)33-32-50-54-39-59-53(38-60(54)75-66(50)65)45-20-9-13-25-58(45)74-59/h2-39H,1H2/b52-34-,57-35-. The van der Waals surface area contributed by atoms with E-state index < -0.39 is 0 Å². The zero-order valence-electron chi connectivity index (χ0n) is 41.1. The van der Waals surface area contributed by atoms with Gasteiger partial charge in [-0.3, -0.25) is 0 Å². The second-order valence-corrected chi connectivity index (χ2v) is 21.7. The van der Waals surface area contributed by atoms with Crippen molar-refractivity contribution >= 4 is 152 Å². The zero-order chi connectivity index (χ0) is 50.7. The van der Waals surface area contributed by atoms with Gasteiger partial charge in [-0.2, -0.15) is 0 Å². The monoisotopic (exact) mass is 1020 g/mol. The molecule has 0 spiro atoms. The van der Waals surface area contributed by atoms with Crippen molar-refractivity contribution in [3.63, 3.8) is 0 Å². The number of fused-ring (bicyclic) bond motifs is 16. The van der Waals surface area contributed by atoms with Gasteiger partial charge in [-0.15, -0.1) is 22.7 Å². The summed E-state index contributed by atoms with van der Waals surface area (Å²) in [5.74, 6) is 1.64. The number of nitrogens with zero attached hydrogens (tertiary/aromatic N) is 4. The molecule has 0 saturated heterocycles. The van der Waals surface area contributed by atoms with Crippen molar-refractivity contribution in [2.24, 2.45) is 0 Å². The molecule has 0 aliphatic carbocycles. The van der Waals surface area contributed by atoms with Crippen molar-refractivity contribution in [1.29, 1.82) is 0 Å². The van der Waals surface area contributed by atoms with Crippen LogP contribution in [0.1, 0.15) is 17.0 Å². The molecular formula is C69H40N4O2S2. The molecule has 0 aliphatic rings. The number of hydrogen-bond donors (Lipinski definition) is 0. The van der Waals surface area contributed by atoms with Crippen molar-refractivity contribution in [3.8, 4) is 22.8 Å². The van der Waals surface area contributed by atoms with Crippen LogP contribution in [0.2, 0.25) is 0 Å². The minimum atomic E-state index is 0.482. The quantitative estimate of drug-likeness (QED) is 0.142. The summed E-state index contributed by atoms with van der Waals surface area (Å²) in [6, 6.07) is 76.8. The van der Waals surface area contributed by atoms with Gasteiger partial charge >= 0.3 is 0 Å². The average Bonchev–Trinajstić information content (AvgIpc) is 4.44. The summed E-state index contributed by atoms with van der Waals surface area (Å²) in [5, 5.41) is 11.2. The molecule has 8 heteroatoms. The van der Waals surface area contributed by atoms with Crippen molar-refractivity contribution < 1.29 is 8.83 Å². The molecule has 0 fully saturated rings. The predicted molar refractivity (Wildman–Crippen MR) is 325 cm³/mol. The van der Waals surface area contributed by atoms with E-state index in [0.29, 0.717) is 23.0 Å². The van der Waals surface area contributed by atoms with Gasteiger partial charge in [0.25, 0.3) is 0 Å². The highest BCUT2D eigenvalue weighted by Gasteiger charge is 2.24. The fraction of sp³-hybridized carbons (Fsp3) is 0. The number of rotatable bonds is 8. The third kappa shape index (κ3) is 7.03. The third-order valence-electron chi connectivity index (χ3n) is 15.0. The molecule has 0 N–H and O–H groups in total. The van der Waals surface area contributed by atoms with Crippen LogP contribution in [0.25, 0.3) is 152 Å². The Morgan fingerprint density at radius 3 is 1.66 bits per heavy atom. The first kappa shape index (κ1) is 43.6. The second-order valence-electron chi connectivity index (χ2n) is 19.5. The lowest BCUT2D eigenvalue weighted by Crippen LogP contribution is -2.04. The van der Waals surface area contributed by atoms with Crippen LogP contribution in [0.3, 0.4) is 0 Å². The van der Waals surface area contributed by atoms with Gasteiger partial charge in [0.2, 0.25) is 0 Å². The molecule has 6 heterocycles. The van der Waals surface area contributed by atoms with Gasteiger partial charge in [0, 0.05) is 89.5 Å². The molecule has 0 bridgehead atoms. The van der Waals surface area contributed by atoms with E-state index in [1.54, 1.807) is 22.7 Å². The summed E-state index contributed by atoms with van der Waals surface area (Å²) >= 11 is 3.56. The SMILES string of the molecule is C=C(/C=C(\C(=C\c1ccccc1)n1c2ccccc2c2c3oc4cc5c(cc4c3ccc21)oc1ccccc15)c1ccccc1)c1nc(-c2ccc3c(c2)sc2ccccc23)nc(-c2ccc3c(c2)sc2ccccc23)n1. The van der Waals surface area contributed by atoms with Crippen LogP contribution in [0, 0.1) is 0 Å². The van der Waals surface area contributed by atoms with Crippen LogP contribution < -0.4 is 0 Å². The molecule has 0 amide bonds. The van der Waals surface area contributed by atoms with Crippen molar-refractivity contribution in [1.82, 2.24) is 19.5 Å². The lowest BCUT2D eigenvalue weighted by atomic mass is 9.97. The number of para-hydroxylation sites is 2. The van der Waals surface area contributed by atoms with Gasteiger partial charge in [0.1, 0.15) is 22.3 Å². The van der Waals surface area contributed by atoms with Crippen LogP contribution in [0.15, 0.2) is 240 Å². The van der Waals surface area contributed by atoms with Crippen LogP contribution in [-0.2, 0) is 0 Å². The third-order valence-corrected chi connectivity index (χ3v) is 17.3. The van der Waals surface area contributed by atoms with E-state index in [4.69, 9.17) is 30.4 Å². The van der Waals surface area contributed by atoms with Gasteiger partial charge in [-0.05, 0) is 83.9 Å². The molecule has 0 atom stereocenters. The molecule has 6 nitrogen and oxygen atoms in total. The number of aromatic nitrogens is 4. The highest BCUT2D eigenvalue weighted by Crippen LogP contribution is 2.46. The van der Waals surface area contributed by atoms with Crippen LogP contribution in [0.5, 0.6) is 0 Å². The number of allylic oxidation sites excluding steroid dienone is 4. The Labute approximate surface area is 448 Å². The maximum Gasteiger partial charge on any atom is 0.164 e. The molecule has 6 aromatic heterocycles. The normalized spacial score (nSPS) is 12.6. The van der Waals surface area contributed by atoms with Crippen LogP contribution >= 0.6 is 22.7 Å². The Kier molecular flexibility index (Phi) is 9.73. The first-order chi connectivity index (χ1) is 38.0. The topological polar surface area (TPSA) is 69.9 Å². The van der Waals surface area contributed by atoms with Crippen molar-refractivity contribution in [3.05, 3.63) is 248 Å². The molecule has 16 aromatic rings. The highest BCUT2D eigenvalue weighted by molar-refractivity contribution is 7.26. The molecular weight excluding hydrogens is 981 g/mol. The lowest BCUT2D eigenvalue weighted by molar-refractivity contribution is 0.665. The second kappa shape index (κ2) is 17.2. The van der Waals surface area contributed by atoms with E-state index in [1.165, 1.54) is 40.3 Å². The fourth-order valence-corrected chi connectivity index (χ4v) is 13.7. The maximum atomic E-state index is 7.03. The van der Waals surface area contributed by atoms with E-state index >= 15 is 0 Å². The maximum absolute atomic E-state index is 7.03. The minimum absolute atomic E-state index is 0.482. The van der Waals surface area contributed by atoms with E-state index in [9.17, 15) is 0 Å². The summed E-state index contributed by atoms with van der Waals surface area (Å²) in [5.41, 5.74) is 11.7. The largest absolute Gasteiger partial charge is 0.456 e. The minimum Gasteiger partial charge on any atom is -0.456 e. The number of thiophene rings is 2. The first-order valence-corrected chi connectivity index (χ1v) is 27.2. The van der Waals surface area contributed by atoms with Gasteiger partial charge in [-0.1, -0.05) is 164 Å². The summed E-state index contributed by atoms with van der Waals surface area (Å²) in [7, 11) is 0. The Hall–Kier alpha value is -9.73. The van der Waals surface area contributed by atoms with Gasteiger partial charge in [0.05, 0.1) is 22.1 Å². The van der Waals surface area contributed by atoms with Crippen LogP contribution in [0.4, 0.5) is 0 Å². The Balaban J connectivity index is 0.916. The van der Waals surface area contributed by atoms with E-state index in [2.05, 4.69) is 217 Å². The number of benzene rings is 10. The average molecular weight is 1020 g/mol. The molecule has 0 saturated carbocycles. The van der Waals surface area contributed by atoms with E-state index in [0.717, 1.165) is 99.2 Å². The Morgan fingerprint density at radius 1 is 0.429 bits per heavy atom. The van der Waals surface area contributed by atoms with Crippen molar-refractivity contribution in [2.45, 2.75) is 0 Å². The Morgan fingerprint density at radius 2 is 0.974 bits per heavy atom. The predicted octanol–water partition coefficient (Wildman–Crippen LogP) is 19.6. The summed E-state index contributed by atoms with van der Waals surface area (Å²) in [6.07, 6.45) is 4.42. The number of hydrogen-bond acceptors (Lipinski definition) is 7. The Bertz CT molecular complexity index is 5060. The highest BCUT2D eigenvalue weighted by atomic mass is 32.1. The van der Waals surface area contributed by atoms with Gasteiger partial charge < -0.3 is 13.4 Å². The van der Waals surface area contributed by atoms with Gasteiger partial charge in [0.15, 0.2) is 17.5 Å². The lowest BCUT2D eigenvalue weighted by Gasteiger charge is -2.18. The molecule has 10 aromatic carbocycles. The van der Waals surface area contributed by atoms with E-state index in [1.807, 2.05) is 18.2 Å². The molecule has 16 rings (SSSR count). The van der Waals surface area contributed by atoms with Crippen LogP contribution in [-0.4, -0.2) is 19.5 Å². The van der Waals surface area contributed by atoms with Crippen molar-refractivity contribution in [2.75, 3.05) is 0 Å². The molecule has 0 aliphatic heterocycles. The summed E-state index contributed by atoms with van der Waals surface area (Å²) < 4.78 is 20.6. The zero-order valence-corrected chi connectivity index (χ0v) is 42.7. The molecule has 77 heavy (non-hydrogen) atoms. The fourth-order valence-electron chi connectivity index (χ4n) is 11.4.